The van der Waals surface area contributed by atoms with Crippen LogP contribution in [0.3, 0.4) is 0 Å². The lowest BCUT2D eigenvalue weighted by molar-refractivity contribution is 0.0931. The minimum absolute atomic E-state index is 0.00774. The Morgan fingerprint density at radius 3 is 2.28 bits per heavy atom. The van der Waals surface area contributed by atoms with E-state index in [1.54, 1.807) is 0 Å². The Morgan fingerprint density at radius 2 is 1.55 bits per heavy atom. The predicted octanol–water partition coefficient (Wildman–Crippen LogP) is 4.76. The molecule has 144 valence electrons. The van der Waals surface area contributed by atoms with Crippen molar-refractivity contribution in [3.05, 3.63) is 102 Å². The summed E-state index contributed by atoms with van der Waals surface area (Å²) in [5.74, 6) is -0.178. The first-order valence-electron chi connectivity index (χ1n) is 9.68. The number of pyridine rings is 1. The molecule has 0 radical (unpaired) electrons. The molecule has 2 N–H and O–H groups in total. The van der Waals surface area contributed by atoms with Crippen LogP contribution in [0, 0.1) is 0 Å². The van der Waals surface area contributed by atoms with Gasteiger partial charge in [-0.25, -0.2) is 4.98 Å². The molecule has 0 aliphatic carbocycles. The lowest BCUT2D eigenvalue weighted by Gasteiger charge is -2.19. The summed E-state index contributed by atoms with van der Waals surface area (Å²) >= 11 is 0. The van der Waals surface area contributed by atoms with Crippen LogP contribution in [-0.2, 0) is 0 Å². The predicted molar refractivity (Wildman–Crippen MR) is 116 cm³/mol. The number of aliphatic hydroxyl groups excluding tert-OH is 1. The Labute approximate surface area is 169 Å². The fourth-order valence-corrected chi connectivity index (χ4v) is 3.49. The van der Waals surface area contributed by atoms with E-state index in [4.69, 9.17) is 4.98 Å². The molecule has 0 spiro atoms. The maximum absolute atomic E-state index is 13.3. The molecule has 0 saturated carbocycles. The third-order valence-corrected chi connectivity index (χ3v) is 4.96. The van der Waals surface area contributed by atoms with Crippen molar-refractivity contribution in [2.75, 3.05) is 6.61 Å². The average molecular weight is 382 g/mol. The van der Waals surface area contributed by atoms with E-state index in [0.29, 0.717) is 12.0 Å². The third-order valence-electron chi connectivity index (χ3n) is 4.96. The van der Waals surface area contributed by atoms with Gasteiger partial charge in [0, 0.05) is 17.6 Å². The Hall–Kier alpha value is -3.50. The number of carbonyl (C=O) groups excluding carboxylic acids is 1. The van der Waals surface area contributed by atoms with Crippen molar-refractivity contribution < 1.29 is 9.90 Å². The van der Waals surface area contributed by atoms with Crippen molar-refractivity contribution in [3.8, 4) is 11.3 Å². The van der Waals surface area contributed by atoms with E-state index in [1.165, 1.54) is 0 Å². The molecule has 29 heavy (non-hydrogen) atoms. The van der Waals surface area contributed by atoms with Crippen LogP contribution in [-0.4, -0.2) is 22.6 Å². The van der Waals surface area contributed by atoms with E-state index in [0.717, 1.165) is 27.7 Å². The van der Waals surface area contributed by atoms with E-state index in [9.17, 15) is 9.90 Å². The molecule has 1 amide bonds. The number of aromatic nitrogens is 1. The zero-order chi connectivity index (χ0) is 20.1. The van der Waals surface area contributed by atoms with Crippen LogP contribution in [0.1, 0.15) is 28.4 Å². The van der Waals surface area contributed by atoms with Crippen molar-refractivity contribution in [1.82, 2.24) is 10.3 Å². The molecule has 4 rings (SSSR count). The van der Waals surface area contributed by atoms with E-state index < -0.39 is 0 Å². The SMILES string of the molecule is O=C(N[C@@H](CCO)c1ccccc1)c1cc(-c2ccccc2)nc2ccccc12. The van der Waals surface area contributed by atoms with Crippen LogP contribution in [0.25, 0.3) is 22.2 Å². The average Bonchev–Trinajstić information content (AvgIpc) is 2.79. The van der Waals surface area contributed by atoms with E-state index in [2.05, 4.69) is 5.32 Å². The number of rotatable bonds is 6. The maximum atomic E-state index is 13.3. The second-order valence-corrected chi connectivity index (χ2v) is 6.89. The van der Waals surface area contributed by atoms with Gasteiger partial charge in [0.05, 0.1) is 22.8 Å². The number of amides is 1. The number of benzene rings is 3. The monoisotopic (exact) mass is 382 g/mol. The van der Waals surface area contributed by atoms with Gasteiger partial charge in [0.15, 0.2) is 0 Å². The summed E-state index contributed by atoms with van der Waals surface area (Å²) in [4.78, 5) is 18.0. The highest BCUT2D eigenvalue weighted by atomic mass is 16.3. The number of hydrogen-bond donors (Lipinski definition) is 2. The van der Waals surface area contributed by atoms with Crippen LogP contribution in [0.2, 0.25) is 0 Å². The lowest BCUT2D eigenvalue weighted by Crippen LogP contribution is -2.29. The lowest BCUT2D eigenvalue weighted by atomic mass is 10.0. The number of aliphatic hydroxyl groups is 1. The second-order valence-electron chi connectivity index (χ2n) is 6.89. The summed E-state index contributed by atoms with van der Waals surface area (Å²) in [7, 11) is 0. The number of nitrogens with one attached hydrogen (secondary N) is 1. The van der Waals surface area contributed by atoms with Gasteiger partial charge in [-0.05, 0) is 24.1 Å². The maximum Gasteiger partial charge on any atom is 0.252 e. The van der Waals surface area contributed by atoms with Gasteiger partial charge in [-0.2, -0.15) is 0 Å². The van der Waals surface area contributed by atoms with Crippen LogP contribution in [0.4, 0.5) is 0 Å². The Bertz CT molecular complexity index is 1110. The molecule has 1 aromatic heterocycles. The summed E-state index contributed by atoms with van der Waals surface area (Å²) in [6.45, 7) is -0.00774. The molecule has 4 aromatic rings. The smallest absolute Gasteiger partial charge is 0.252 e. The molecular formula is C25H22N2O2. The number of para-hydroxylation sites is 1. The fourth-order valence-electron chi connectivity index (χ4n) is 3.49. The Morgan fingerprint density at radius 1 is 0.897 bits per heavy atom. The number of carbonyl (C=O) groups is 1. The van der Waals surface area contributed by atoms with Gasteiger partial charge in [0.25, 0.3) is 5.91 Å². The summed E-state index contributed by atoms with van der Waals surface area (Å²) in [5.41, 5.74) is 4.04. The third kappa shape index (κ3) is 4.18. The quantitative estimate of drug-likeness (QED) is 0.506. The largest absolute Gasteiger partial charge is 0.396 e. The van der Waals surface area contributed by atoms with E-state index >= 15 is 0 Å². The van der Waals surface area contributed by atoms with E-state index in [-0.39, 0.29) is 18.6 Å². The molecule has 0 bridgehead atoms. The Kier molecular flexibility index (Phi) is 5.63. The number of fused-ring (bicyclic) bond motifs is 1. The highest BCUT2D eigenvalue weighted by Gasteiger charge is 2.18. The summed E-state index contributed by atoms with van der Waals surface area (Å²) in [6.07, 6.45) is 0.449. The normalized spacial score (nSPS) is 11.9. The van der Waals surface area contributed by atoms with Crippen molar-refractivity contribution in [2.45, 2.75) is 12.5 Å². The number of nitrogens with zero attached hydrogens (tertiary/aromatic N) is 1. The molecule has 1 atom stereocenters. The molecule has 0 unspecified atom stereocenters. The minimum atomic E-state index is -0.263. The van der Waals surface area contributed by atoms with Gasteiger partial charge in [0.1, 0.15) is 0 Å². The van der Waals surface area contributed by atoms with Crippen LogP contribution >= 0.6 is 0 Å². The van der Waals surface area contributed by atoms with Crippen molar-refractivity contribution in [2.24, 2.45) is 0 Å². The summed E-state index contributed by atoms with van der Waals surface area (Å²) in [6, 6.07) is 28.8. The summed E-state index contributed by atoms with van der Waals surface area (Å²) < 4.78 is 0. The van der Waals surface area contributed by atoms with Crippen LogP contribution in [0.15, 0.2) is 91.0 Å². The second kappa shape index (κ2) is 8.67. The van der Waals surface area contributed by atoms with Gasteiger partial charge >= 0.3 is 0 Å². The summed E-state index contributed by atoms with van der Waals surface area (Å²) in [5, 5.41) is 13.4. The molecule has 0 fully saturated rings. The van der Waals surface area contributed by atoms with Gasteiger partial charge < -0.3 is 10.4 Å². The Balaban J connectivity index is 1.74. The van der Waals surface area contributed by atoms with Crippen LogP contribution in [0.5, 0.6) is 0 Å². The zero-order valence-electron chi connectivity index (χ0n) is 16.0. The van der Waals surface area contributed by atoms with Gasteiger partial charge in [-0.1, -0.05) is 78.9 Å². The molecule has 0 aliphatic heterocycles. The van der Waals surface area contributed by atoms with Crippen molar-refractivity contribution >= 4 is 16.8 Å². The fraction of sp³-hybridized carbons (Fsp3) is 0.120. The van der Waals surface area contributed by atoms with E-state index in [1.807, 2.05) is 91.0 Å². The van der Waals surface area contributed by atoms with Gasteiger partial charge in [-0.15, -0.1) is 0 Å². The van der Waals surface area contributed by atoms with Crippen molar-refractivity contribution in [1.29, 1.82) is 0 Å². The highest BCUT2D eigenvalue weighted by molar-refractivity contribution is 6.07. The molecule has 1 heterocycles. The van der Waals surface area contributed by atoms with Crippen LogP contribution < -0.4 is 5.32 Å². The first-order chi connectivity index (χ1) is 14.3. The molecule has 3 aromatic carbocycles. The molecule has 4 nitrogen and oxygen atoms in total. The topological polar surface area (TPSA) is 62.2 Å². The van der Waals surface area contributed by atoms with Gasteiger partial charge in [-0.3, -0.25) is 4.79 Å². The number of hydrogen-bond acceptors (Lipinski definition) is 3. The first kappa shape index (κ1) is 18.8. The molecular weight excluding hydrogens is 360 g/mol. The zero-order valence-corrected chi connectivity index (χ0v) is 16.0. The van der Waals surface area contributed by atoms with Crippen molar-refractivity contribution in [3.63, 3.8) is 0 Å². The van der Waals surface area contributed by atoms with Gasteiger partial charge in [0.2, 0.25) is 0 Å². The molecule has 0 aliphatic rings. The first-order valence-corrected chi connectivity index (χ1v) is 9.68. The standard InChI is InChI=1S/C25H22N2O2/c28-16-15-22(18-9-3-1-4-10-18)27-25(29)21-17-24(19-11-5-2-6-12-19)26-23-14-8-7-13-20(21)23/h1-14,17,22,28H,15-16H2,(H,27,29)/t22-/m0/s1. The minimum Gasteiger partial charge on any atom is -0.396 e. The highest BCUT2D eigenvalue weighted by Crippen LogP contribution is 2.26. The molecule has 4 heteroatoms. The molecule has 0 saturated heterocycles.